The fourth-order valence-electron chi connectivity index (χ4n) is 3.21. The van der Waals surface area contributed by atoms with Crippen molar-refractivity contribution in [3.63, 3.8) is 0 Å². The molecule has 1 atom stereocenters. The van der Waals surface area contributed by atoms with E-state index in [4.69, 9.17) is 0 Å². The number of carbonyl (C=O) groups is 2. The highest BCUT2D eigenvalue weighted by Gasteiger charge is 2.28. The molecule has 3 rings (SSSR count). The molecule has 9 heteroatoms. The van der Waals surface area contributed by atoms with E-state index < -0.39 is 12.0 Å². The van der Waals surface area contributed by atoms with Gasteiger partial charge in [-0.05, 0) is 19.9 Å². The number of carboxylic acids is 1. The molecule has 1 fully saturated rings. The number of nitrogens with zero attached hydrogens (tertiary/aromatic N) is 6. The lowest BCUT2D eigenvalue weighted by Crippen LogP contribution is -2.50. The smallest absolute Gasteiger partial charge is 0.354 e. The van der Waals surface area contributed by atoms with E-state index >= 15 is 0 Å². The quantitative estimate of drug-likeness (QED) is 0.815. The zero-order valence-electron chi connectivity index (χ0n) is 15.1. The van der Waals surface area contributed by atoms with Gasteiger partial charge in [-0.25, -0.2) is 9.48 Å². The summed E-state index contributed by atoms with van der Waals surface area (Å²) in [7, 11) is 0. The molecule has 1 aliphatic rings. The van der Waals surface area contributed by atoms with Crippen LogP contribution in [0.5, 0.6) is 0 Å². The first-order valence-electron chi connectivity index (χ1n) is 8.79. The number of aryl methyl sites for hydroxylation is 1. The predicted molar refractivity (Wildman–Crippen MR) is 93.7 cm³/mol. The van der Waals surface area contributed by atoms with Crippen molar-refractivity contribution in [1.29, 1.82) is 0 Å². The van der Waals surface area contributed by atoms with Crippen molar-refractivity contribution in [2.75, 3.05) is 26.2 Å². The molecule has 1 saturated heterocycles. The van der Waals surface area contributed by atoms with Crippen LogP contribution in [0.4, 0.5) is 0 Å². The summed E-state index contributed by atoms with van der Waals surface area (Å²) < 4.78 is 3.18. The Hall–Kier alpha value is -2.68. The van der Waals surface area contributed by atoms with Crippen LogP contribution in [0.3, 0.4) is 0 Å². The number of carbonyl (C=O) groups excluding carboxylic acids is 1. The molecule has 26 heavy (non-hydrogen) atoms. The fourth-order valence-corrected chi connectivity index (χ4v) is 3.21. The van der Waals surface area contributed by atoms with E-state index in [1.807, 2.05) is 17.1 Å². The largest absolute Gasteiger partial charge is 0.477 e. The Bertz CT molecular complexity index is 775. The van der Waals surface area contributed by atoms with Crippen LogP contribution < -0.4 is 0 Å². The lowest BCUT2D eigenvalue weighted by atomic mass is 10.2. The van der Waals surface area contributed by atoms with Crippen LogP contribution in [0.2, 0.25) is 0 Å². The van der Waals surface area contributed by atoms with Gasteiger partial charge in [0.15, 0.2) is 0 Å². The molecule has 0 radical (unpaired) electrons. The Morgan fingerprint density at radius 1 is 1.23 bits per heavy atom. The second-order valence-corrected chi connectivity index (χ2v) is 6.45. The summed E-state index contributed by atoms with van der Waals surface area (Å²) in [6.07, 6.45) is 5.33. The van der Waals surface area contributed by atoms with E-state index in [0.29, 0.717) is 13.1 Å². The van der Waals surface area contributed by atoms with Crippen molar-refractivity contribution in [2.24, 2.45) is 0 Å². The third-order valence-electron chi connectivity index (χ3n) is 4.71. The van der Waals surface area contributed by atoms with Gasteiger partial charge in [-0.2, -0.15) is 10.2 Å². The molecule has 1 aliphatic heterocycles. The van der Waals surface area contributed by atoms with Gasteiger partial charge in [0.05, 0.1) is 6.20 Å². The number of hydrogen-bond donors (Lipinski definition) is 1. The molecule has 9 nitrogen and oxygen atoms in total. The Kier molecular flexibility index (Phi) is 5.36. The topological polar surface area (TPSA) is 96.5 Å². The van der Waals surface area contributed by atoms with Gasteiger partial charge in [0.2, 0.25) is 5.91 Å². The molecule has 2 aromatic rings. The zero-order chi connectivity index (χ0) is 18.7. The summed E-state index contributed by atoms with van der Waals surface area (Å²) in [5.41, 5.74) is 1.19. The van der Waals surface area contributed by atoms with Crippen LogP contribution >= 0.6 is 0 Å². The highest BCUT2D eigenvalue weighted by molar-refractivity contribution is 5.87. The van der Waals surface area contributed by atoms with Crippen molar-refractivity contribution >= 4 is 11.9 Å². The van der Waals surface area contributed by atoms with Crippen LogP contribution in [0.15, 0.2) is 24.7 Å². The third-order valence-corrected chi connectivity index (χ3v) is 4.71. The maximum atomic E-state index is 12.7. The number of piperazine rings is 1. The van der Waals surface area contributed by atoms with Gasteiger partial charge < -0.3 is 10.0 Å². The molecule has 3 heterocycles. The van der Waals surface area contributed by atoms with Gasteiger partial charge in [-0.15, -0.1) is 0 Å². The Morgan fingerprint density at radius 3 is 2.58 bits per heavy atom. The van der Waals surface area contributed by atoms with Crippen LogP contribution in [-0.2, 0) is 17.9 Å². The van der Waals surface area contributed by atoms with Gasteiger partial charge in [0, 0.05) is 57.2 Å². The summed E-state index contributed by atoms with van der Waals surface area (Å²) >= 11 is 0. The summed E-state index contributed by atoms with van der Waals surface area (Å²) in [5.74, 6) is -1.19. The number of aromatic nitrogens is 4. The molecule has 1 unspecified atom stereocenters. The summed E-state index contributed by atoms with van der Waals surface area (Å²) in [6.45, 7) is 8.21. The maximum absolute atomic E-state index is 12.7. The van der Waals surface area contributed by atoms with Gasteiger partial charge in [0.25, 0.3) is 0 Å². The number of rotatable bonds is 6. The zero-order valence-corrected chi connectivity index (χ0v) is 15.1. The van der Waals surface area contributed by atoms with Gasteiger partial charge in [-0.3, -0.25) is 14.4 Å². The van der Waals surface area contributed by atoms with Crippen molar-refractivity contribution in [3.8, 4) is 0 Å². The minimum atomic E-state index is -1.08. The second kappa shape index (κ2) is 7.69. The first kappa shape index (κ1) is 18.1. The highest BCUT2D eigenvalue weighted by atomic mass is 16.4. The van der Waals surface area contributed by atoms with Gasteiger partial charge >= 0.3 is 5.97 Å². The van der Waals surface area contributed by atoms with Crippen LogP contribution in [0.25, 0.3) is 0 Å². The molecule has 0 spiro atoms. The summed E-state index contributed by atoms with van der Waals surface area (Å²) in [5, 5.41) is 17.5. The SMILES string of the molecule is CCn1cc(CN2CCN(C(=O)C(C)n3nccc3C(=O)O)CC2)cn1. The molecule has 0 saturated carbocycles. The van der Waals surface area contributed by atoms with E-state index in [-0.39, 0.29) is 11.6 Å². The van der Waals surface area contributed by atoms with Gasteiger partial charge in [0.1, 0.15) is 11.7 Å². The maximum Gasteiger partial charge on any atom is 0.354 e. The van der Waals surface area contributed by atoms with Crippen molar-refractivity contribution in [3.05, 3.63) is 35.9 Å². The van der Waals surface area contributed by atoms with Gasteiger partial charge in [-0.1, -0.05) is 0 Å². The third kappa shape index (κ3) is 3.77. The summed E-state index contributed by atoms with van der Waals surface area (Å²) in [6, 6.07) is 0.769. The molecule has 0 bridgehead atoms. The van der Waals surface area contributed by atoms with Crippen molar-refractivity contribution < 1.29 is 14.7 Å². The molecule has 1 amide bonds. The average Bonchev–Trinajstić information content (AvgIpc) is 3.30. The monoisotopic (exact) mass is 360 g/mol. The molecule has 0 aliphatic carbocycles. The number of aromatic carboxylic acids is 1. The first-order valence-corrected chi connectivity index (χ1v) is 8.79. The van der Waals surface area contributed by atoms with E-state index in [9.17, 15) is 14.7 Å². The number of amides is 1. The van der Waals surface area contributed by atoms with E-state index in [0.717, 1.165) is 26.2 Å². The second-order valence-electron chi connectivity index (χ2n) is 6.45. The average molecular weight is 360 g/mol. The Morgan fingerprint density at radius 2 is 1.96 bits per heavy atom. The van der Waals surface area contributed by atoms with E-state index in [1.165, 1.54) is 22.5 Å². The standard InChI is InChI=1S/C17H24N6O3/c1-3-22-12-14(10-19-22)11-20-6-8-21(9-7-20)16(24)13(2)23-15(17(25)26)4-5-18-23/h4-5,10,12-13H,3,6-9,11H2,1-2H3,(H,25,26). The first-order chi connectivity index (χ1) is 12.5. The van der Waals surface area contributed by atoms with E-state index in [2.05, 4.69) is 22.0 Å². The number of hydrogen-bond acceptors (Lipinski definition) is 5. The molecule has 2 aromatic heterocycles. The normalized spacial score (nSPS) is 16.6. The minimum Gasteiger partial charge on any atom is -0.477 e. The minimum absolute atomic E-state index is 0.0254. The Balaban J connectivity index is 1.56. The van der Waals surface area contributed by atoms with Crippen LogP contribution in [0.1, 0.15) is 35.9 Å². The van der Waals surface area contributed by atoms with Crippen LogP contribution in [0, 0.1) is 0 Å². The predicted octanol–water partition coefficient (Wildman–Crippen LogP) is 0.703. The molecular weight excluding hydrogens is 336 g/mol. The van der Waals surface area contributed by atoms with E-state index in [1.54, 1.807) is 11.8 Å². The molecule has 0 aromatic carbocycles. The van der Waals surface area contributed by atoms with Crippen molar-refractivity contribution in [2.45, 2.75) is 33.0 Å². The molecule has 140 valence electrons. The van der Waals surface area contributed by atoms with Crippen LogP contribution in [-0.4, -0.2) is 72.5 Å². The lowest BCUT2D eigenvalue weighted by Gasteiger charge is -2.35. The highest BCUT2D eigenvalue weighted by Crippen LogP contribution is 2.15. The molecule has 1 N–H and O–H groups in total. The molecular formula is C17H24N6O3. The fraction of sp³-hybridized carbons (Fsp3) is 0.529. The number of carboxylic acid groups (broad SMARTS) is 1. The Labute approximate surface area is 151 Å². The lowest BCUT2D eigenvalue weighted by molar-refractivity contribution is -0.136. The van der Waals surface area contributed by atoms with Crippen molar-refractivity contribution in [1.82, 2.24) is 29.4 Å². The summed E-state index contributed by atoms with van der Waals surface area (Å²) in [4.78, 5) is 28.0.